The molecule has 0 aliphatic rings. The first-order valence-corrected chi connectivity index (χ1v) is 5.77. The second-order valence-corrected chi connectivity index (χ2v) is 4.38. The third kappa shape index (κ3) is 3.38. The van der Waals surface area contributed by atoms with Gasteiger partial charge >= 0.3 is 6.18 Å². The monoisotopic (exact) mass is 261 g/mol. The van der Waals surface area contributed by atoms with E-state index >= 15 is 0 Å². The summed E-state index contributed by atoms with van der Waals surface area (Å²) in [5.41, 5.74) is 7.55. The topological polar surface area (TPSA) is 35.2 Å². The molecule has 102 valence electrons. The van der Waals surface area contributed by atoms with Crippen molar-refractivity contribution in [2.75, 3.05) is 6.54 Å². The second kappa shape index (κ2) is 5.61. The minimum absolute atomic E-state index is 0.0614. The third-order valence-electron chi connectivity index (χ3n) is 2.93. The van der Waals surface area contributed by atoms with Crippen molar-refractivity contribution in [3.05, 3.63) is 28.8 Å². The van der Waals surface area contributed by atoms with E-state index in [0.717, 1.165) is 11.1 Å². The summed E-state index contributed by atoms with van der Waals surface area (Å²) in [4.78, 5) is 0. The minimum Gasteiger partial charge on any atom is -0.480 e. The highest BCUT2D eigenvalue weighted by Gasteiger charge is 2.41. The Kier molecular flexibility index (Phi) is 4.62. The number of ether oxygens (including phenoxy) is 1. The maximum atomic E-state index is 12.8. The van der Waals surface area contributed by atoms with Gasteiger partial charge in [-0.1, -0.05) is 12.1 Å². The molecule has 0 saturated heterocycles. The third-order valence-corrected chi connectivity index (χ3v) is 2.93. The SMILES string of the molecule is Cc1ccc(C)c(OC(CCN)C(F)(F)F)c1C. The molecule has 0 heterocycles. The van der Waals surface area contributed by atoms with Crippen LogP contribution in [0.3, 0.4) is 0 Å². The van der Waals surface area contributed by atoms with E-state index in [-0.39, 0.29) is 13.0 Å². The van der Waals surface area contributed by atoms with Gasteiger partial charge in [0.25, 0.3) is 0 Å². The Balaban J connectivity index is 3.04. The Hall–Kier alpha value is -1.23. The van der Waals surface area contributed by atoms with E-state index in [1.807, 2.05) is 13.0 Å². The average Bonchev–Trinajstić information content (AvgIpc) is 2.27. The summed E-state index contributed by atoms with van der Waals surface area (Å²) in [5.74, 6) is 0.311. The molecule has 0 aliphatic heterocycles. The van der Waals surface area contributed by atoms with Crippen LogP contribution in [-0.4, -0.2) is 18.8 Å². The van der Waals surface area contributed by atoms with E-state index in [1.54, 1.807) is 19.9 Å². The highest BCUT2D eigenvalue weighted by Crippen LogP contribution is 2.32. The fourth-order valence-electron chi connectivity index (χ4n) is 1.69. The number of benzene rings is 1. The van der Waals surface area contributed by atoms with Crippen LogP contribution in [0.25, 0.3) is 0 Å². The Morgan fingerprint density at radius 2 is 1.72 bits per heavy atom. The molecule has 18 heavy (non-hydrogen) atoms. The maximum Gasteiger partial charge on any atom is 0.425 e. The second-order valence-electron chi connectivity index (χ2n) is 4.38. The molecule has 1 aromatic rings. The van der Waals surface area contributed by atoms with Crippen molar-refractivity contribution >= 4 is 0 Å². The first-order chi connectivity index (χ1) is 8.27. The number of aryl methyl sites for hydroxylation is 2. The van der Waals surface area contributed by atoms with Crippen LogP contribution in [0.5, 0.6) is 5.75 Å². The minimum atomic E-state index is -4.40. The first kappa shape index (κ1) is 14.8. The standard InChI is InChI=1S/C13H18F3NO/c1-8-4-5-9(2)12(10(8)3)18-11(6-7-17)13(14,15)16/h4-5,11H,6-7,17H2,1-3H3. The zero-order chi connectivity index (χ0) is 13.9. The smallest absolute Gasteiger partial charge is 0.425 e. The number of halogens is 3. The predicted molar refractivity (Wildman–Crippen MR) is 64.8 cm³/mol. The molecular formula is C13H18F3NO. The van der Waals surface area contributed by atoms with E-state index in [1.165, 1.54) is 0 Å². The number of alkyl halides is 3. The molecule has 1 rings (SSSR count). The average molecular weight is 261 g/mol. The molecule has 0 amide bonds. The predicted octanol–water partition coefficient (Wildman–Crippen LogP) is 3.27. The molecule has 0 aromatic heterocycles. The largest absolute Gasteiger partial charge is 0.480 e. The molecule has 0 aliphatic carbocycles. The fourth-order valence-corrected chi connectivity index (χ4v) is 1.69. The van der Waals surface area contributed by atoms with Gasteiger partial charge in [-0.2, -0.15) is 13.2 Å². The highest BCUT2D eigenvalue weighted by molar-refractivity contribution is 5.44. The van der Waals surface area contributed by atoms with Crippen molar-refractivity contribution in [1.29, 1.82) is 0 Å². The van der Waals surface area contributed by atoms with Crippen molar-refractivity contribution in [2.24, 2.45) is 5.73 Å². The molecule has 0 radical (unpaired) electrons. The normalized spacial score (nSPS) is 13.5. The van der Waals surface area contributed by atoms with E-state index in [0.29, 0.717) is 11.3 Å². The molecule has 0 bridgehead atoms. The van der Waals surface area contributed by atoms with Gasteiger partial charge in [-0.05, 0) is 44.0 Å². The molecule has 1 aromatic carbocycles. The van der Waals surface area contributed by atoms with Crippen LogP contribution in [0.1, 0.15) is 23.1 Å². The summed E-state index contributed by atoms with van der Waals surface area (Å²) in [7, 11) is 0. The molecule has 0 fully saturated rings. The number of rotatable bonds is 4. The van der Waals surface area contributed by atoms with Gasteiger partial charge in [0.05, 0.1) is 0 Å². The Labute approximate surface area is 105 Å². The summed E-state index contributed by atoms with van der Waals surface area (Å²) >= 11 is 0. The number of nitrogens with two attached hydrogens (primary N) is 1. The zero-order valence-electron chi connectivity index (χ0n) is 10.8. The van der Waals surface area contributed by atoms with Crippen LogP contribution in [0.15, 0.2) is 12.1 Å². The molecule has 5 heteroatoms. The van der Waals surface area contributed by atoms with Crippen LogP contribution in [-0.2, 0) is 0 Å². The summed E-state index contributed by atoms with van der Waals surface area (Å²) in [6.45, 7) is 5.27. The van der Waals surface area contributed by atoms with Crippen LogP contribution in [0.2, 0.25) is 0 Å². The van der Waals surface area contributed by atoms with Gasteiger partial charge < -0.3 is 10.5 Å². The van der Waals surface area contributed by atoms with Crippen molar-refractivity contribution in [3.63, 3.8) is 0 Å². The van der Waals surface area contributed by atoms with E-state index in [9.17, 15) is 13.2 Å². The lowest BCUT2D eigenvalue weighted by molar-refractivity contribution is -0.196. The van der Waals surface area contributed by atoms with Gasteiger partial charge in [0.2, 0.25) is 0 Å². The van der Waals surface area contributed by atoms with Gasteiger partial charge in [0.1, 0.15) is 5.75 Å². The number of hydrogen-bond acceptors (Lipinski definition) is 2. The van der Waals surface area contributed by atoms with E-state index < -0.39 is 12.3 Å². The summed E-state index contributed by atoms with van der Waals surface area (Å²) < 4.78 is 43.5. The lowest BCUT2D eigenvalue weighted by Crippen LogP contribution is -2.36. The fraction of sp³-hybridized carbons (Fsp3) is 0.538. The van der Waals surface area contributed by atoms with Gasteiger partial charge in [-0.15, -0.1) is 0 Å². The number of hydrogen-bond donors (Lipinski definition) is 1. The quantitative estimate of drug-likeness (QED) is 0.902. The molecule has 2 N–H and O–H groups in total. The lowest BCUT2D eigenvalue weighted by atomic mass is 10.0. The summed E-state index contributed by atoms with van der Waals surface area (Å²) in [5, 5.41) is 0. The van der Waals surface area contributed by atoms with Gasteiger partial charge in [-0.3, -0.25) is 0 Å². The van der Waals surface area contributed by atoms with Crippen molar-refractivity contribution in [1.82, 2.24) is 0 Å². The molecule has 0 spiro atoms. The molecule has 1 unspecified atom stereocenters. The van der Waals surface area contributed by atoms with Crippen molar-refractivity contribution in [3.8, 4) is 5.75 Å². The van der Waals surface area contributed by atoms with Crippen LogP contribution in [0.4, 0.5) is 13.2 Å². The molecule has 1 atom stereocenters. The summed E-state index contributed by atoms with van der Waals surface area (Å²) in [6, 6.07) is 3.62. The Bertz CT molecular complexity index is 415. The van der Waals surface area contributed by atoms with E-state index in [4.69, 9.17) is 10.5 Å². The zero-order valence-corrected chi connectivity index (χ0v) is 10.8. The Morgan fingerprint density at radius 1 is 1.17 bits per heavy atom. The maximum absolute atomic E-state index is 12.8. The van der Waals surface area contributed by atoms with Gasteiger partial charge in [0.15, 0.2) is 6.10 Å². The lowest BCUT2D eigenvalue weighted by Gasteiger charge is -2.24. The molecule has 0 saturated carbocycles. The Morgan fingerprint density at radius 3 is 2.22 bits per heavy atom. The molecular weight excluding hydrogens is 243 g/mol. The van der Waals surface area contributed by atoms with Gasteiger partial charge in [-0.25, -0.2) is 0 Å². The van der Waals surface area contributed by atoms with Crippen molar-refractivity contribution in [2.45, 2.75) is 39.5 Å². The van der Waals surface area contributed by atoms with Crippen LogP contribution >= 0.6 is 0 Å². The highest BCUT2D eigenvalue weighted by atomic mass is 19.4. The first-order valence-electron chi connectivity index (χ1n) is 5.77. The molecule has 2 nitrogen and oxygen atoms in total. The van der Waals surface area contributed by atoms with Crippen LogP contribution < -0.4 is 10.5 Å². The summed E-state index contributed by atoms with van der Waals surface area (Å²) in [6.07, 6.45) is -6.49. The van der Waals surface area contributed by atoms with Gasteiger partial charge in [0, 0.05) is 6.42 Å². The van der Waals surface area contributed by atoms with E-state index in [2.05, 4.69) is 0 Å². The van der Waals surface area contributed by atoms with Crippen LogP contribution in [0, 0.1) is 20.8 Å². The van der Waals surface area contributed by atoms with Crippen molar-refractivity contribution < 1.29 is 17.9 Å².